The third kappa shape index (κ3) is 2.05. The first-order valence-corrected chi connectivity index (χ1v) is 9.82. The molecule has 132 valence electrons. The number of rotatable bonds is 1. The average molecular weight is 330 g/mol. The number of hydrogen-bond acceptors (Lipinski definition) is 3. The predicted octanol–water partition coefficient (Wildman–Crippen LogP) is 3.98. The fourth-order valence-electron chi connectivity index (χ4n) is 7.53. The van der Waals surface area contributed by atoms with E-state index in [-0.39, 0.29) is 28.4 Å². The summed E-state index contributed by atoms with van der Waals surface area (Å²) in [7, 11) is 0. The molecule has 0 aromatic carbocycles. The molecule has 0 aliphatic heterocycles. The van der Waals surface area contributed by atoms with E-state index >= 15 is 0 Å². The molecule has 0 saturated heterocycles. The second-order valence-corrected chi connectivity index (χ2v) is 9.66. The van der Waals surface area contributed by atoms with E-state index in [0.717, 1.165) is 32.1 Å². The normalized spacial score (nSPS) is 50.9. The third-order valence-corrected chi connectivity index (χ3v) is 8.66. The first-order chi connectivity index (χ1) is 11.3. The van der Waals surface area contributed by atoms with Crippen molar-refractivity contribution in [3.8, 4) is 0 Å². The van der Waals surface area contributed by atoms with Gasteiger partial charge in [0.05, 0.1) is 0 Å². The maximum atomic E-state index is 13.3. The summed E-state index contributed by atoms with van der Waals surface area (Å²) in [5, 5.41) is 0. The van der Waals surface area contributed by atoms with Crippen molar-refractivity contribution >= 4 is 17.3 Å². The molecule has 0 unspecified atom stereocenters. The van der Waals surface area contributed by atoms with E-state index in [4.69, 9.17) is 0 Å². The number of hydrogen-bond donors (Lipinski definition) is 0. The summed E-state index contributed by atoms with van der Waals surface area (Å²) in [6.07, 6.45) is 7.05. The molecule has 24 heavy (non-hydrogen) atoms. The number of carbonyl (C=O) groups is 3. The molecule has 0 N–H and O–H groups in total. The van der Waals surface area contributed by atoms with Crippen LogP contribution in [0.2, 0.25) is 0 Å². The van der Waals surface area contributed by atoms with E-state index in [1.807, 2.05) is 0 Å². The van der Waals surface area contributed by atoms with Crippen molar-refractivity contribution in [2.75, 3.05) is 0 Å². The zero-order valence-electron chi connectivity index (χ0n) is 15.3. The fourth-order valence-corrected chi connectivity index (χ4v) is 7.53. The maximum Gasteiger partial charge on any atom is 0.137 e. The predicted molar refractivity (Wildman–Crippen MR) is 91.3 cm³/mol. The minimum Gasteiger partial charge on any atom is -0.300 e. The van der Waals surface area contributed by atoms with Gasteiger partial charge in [0.2, 0.25) is 0 Å². The van der Waals surface area contributed by atoms with Gasteiger partial charge in [-0.25, -0.2) is 0 Å². The third-order valence-electron chi connectivity index (χ3n) is 8.66. The smallest absolute Gasteiger partial charge is 0.137 e. The summed E-state index contributed by atoms with van der Waals surface area (Å²) >= 11 is 0. The second kappa shape index (κ2) is 5.25. The van der Waals surface area contributed by atoms with Gasteiger partial charge in [0, 0.05) is 31.1 Å². The minimum absolute atomic E-state index is 0.0174. The van der Waals surface area contributed by atoms with Gasteiger partial charge in [-0.2, -0.15) is 0 Å². The van der Waals surface area contributed by atoms with Crippen LogP contribution >= 0.6 is 0 Å². The Morgan fingerprint density at radius 2 is 1.79 bits per heavy atom. The zero-order valence-corrected chi connectivity index (χ0v) is 15.3. The van der Waals surface area contributed by atoms with E-state index < -0.39 is 0 Å². The number of fused-ring (bicyclic) bond motifs is 5. The molecular weight excluding hydrogens is 300 g/mol. The number of carbonyl (C=O) groups excluding carboxylic acids is 3. The summed E-state index contributed by atoms with van der Waals surface area (Å²) in [6, 6.07) is 0. The molecule has 4 fully saturated rings. The minimum atomic E-state index is -0.113. The lowest BCUT2D eigenvalue weighted by molar-refractivity contribution is -0.161. The summed E-state index contributed by atoms with van der Waals surface area (Å²) in [5.74, 6) is 2.63. The van der Waals surface area contributed by atoms with Gasteiger partial charge in [-0.05, 0) is 67.6 Å². The highest BCUT2D eigenvalue weighted by atomic mass is 16.1. The van der Waals surface area contributed by atoms with Crippen LogP contribution in [0.3, 0.4) is 0 Å². The largest absolute Gasteiger partial charge is 0.300 e. The van der Waals surface area contributed by atoms with Crippen molar-refractivity contribution in [2.45, 2.75) is 72.1 Å². The van der Waals surface area contributed by atoms with Gasteiger partial charge in [-0.1, -0.05) is 13.8 Å². The van der Waals surface area contributed by atoms with Crippen LogP contribution in [0.1, 0.15) is 72.1 Å². The first kappa shape index (κ1) is 16.5. The van der Waals surface area contributed by atoms with Gasteiger partial charge in [0.25, 0.3) is 0 Å². The Morgan fingerprint density at radius 3 is 2.50 bits per heavy atom. The lowest BCUT2D eigenvalue weighted by Gasteiger charge is -2.59. The molecule has 0 radical (unpaired) electrons. The van der Waals surface area contributed by atoms with E-state index in [1.165, 1.54) is 0 Å². The van der Waals surface area contributed by atoms with Crippen LogP contribution in [-0.4, -0.2) is 17.3 Å². The van der Waals surface area contributed by atoms with Crippen LogP contribution in [0, 0.1) is 40.4 Å². The molecule has 4 aliphatic rings. The molecule has 0 heterocycles. The first-order valence-electron chi connectivity index (χ1n) is 9.82. The molecule has 0 aromatic heterocycles. The number of ketones is 3. The maximum absolute atomic E-state index is 13.3. The Morgan fingerprint density at radius 1 is 1.04 bits per heavy atom. The van der Waals surface area contributed by atoms with Crippen molar-refractivity contribution < 1.29 is 14.4 Å². The van der Waals surface area contributed by atoms with Crippen LogP contribution < -0.4 is 0 Å². The molecule has 0 bridgehead atoms. The molecule has 4 rings (SSSR count). The quantitative estimate of drug-likeness (QED) is 0.730. The molecule has 3 heteroatoms. The van der Waals surface area contributed by atoms with E-state index in [1.54, 1.807) is 6.92 Å². The molecule has 0 spiro atoms. The van der Waals surface area contributed by atoms with Gasteiger partial charge in [-0.3, -0.25) is 14.4 Å². The van der Waals surface area contributed by atoms with Crippen molar-refractivity contribution in [1.82, 2.24) is 0 Å². The standard InChI is InChI=1S/C21H30O3/c1-12(22)16-6-7-17-15-5-4-13-10-14(23)8-9-20(13,2)19(15)18(24)11-21(16,17)3/h13,15-17,19H,4-11H2,1-3H3/t13-,15-,16+,17+,19+,20+,21-/m1/s1. The van der Waals surface area contributed by atoms with E-state index in [9.17, 15) is 14.4 Å². The highest BCUT2D eigenvalue weighted by Gasteiger charge is 2.63. The lowest BCUT2D eigenvalue weighted by atomic mass is 9.44. The van der Waals surface area contributed by atoms with Gasteiger partial charge in [0.15, 0.2) is 0 Å². The Balaban J connectivity index is 1.69. The van der Waals surface area contributed by atoms with Crippen molar-refractivity contribution in [2.24, 2.45) is 40.4 Å². The topological polar surface area (TPSA) is 51.2 Å². The highest BCUT2D eigenvalue weighted by molar-refractivity contribution is 5.87. The molecule has 7 atom stereocenters. The van der Waals surface area contributed by atoms with Crippen LogP contribution in [0.15, 0.2) is 0 Å². The molecule has 4 aliphatic carbocycles. The van der Waals surface area contributed by atoms with Crippen molar-refractivity contribution in [1.29, 1.82) is 0 Å². The molecule has 4 saturated carbocycles. The molecule has 3 nitrogen and oxygen atoms in total. The Bertz CT molecular complexity index is 608. The summed E-state index contributed by atoms with van der Waals surface area (Å²) in [6.45, 7) is 6.21. The van der Waals surface area contributed by atoms with Crippen molar-refractivity contribution in [3.05, 3.63) is 0 Å². The van der Waals surface area contributed by atoms with Gasteiger partial charge in [0.1, 0.15) is 17.3 Å². The summed E-state index contributed by atoms with van der Waals surface area (Å²) in [4.78, 5) is 37.4. The van der Waals surface area contributed by atoms with Gasteiger partial charge < -0.3 is 0 Å². The Kier molecular flexibility index (Phi) is 3.61. The molecular formula is C21H30O3. The van der Waals surface area contributed by atoms with E-state index in [0.29, 0.717) is 48.6 Å². The molecule has 0 amide bonds. The highest BCUT2D eigenvalue weighted by Crippen LogP contribution is 2.66. The Labute approximate surface area is 144 Å². The summed E-state index contributed by atoms with van der Waals surface area (Å²) < 4.78 is 0. The monoisotopic (exact) mass is 330 g/mol. The van der Waals surface area contributed by atoms with Crippen LogP contribution in [-0.2, 0) is 14.4 Å². The Hall–Kier alpha value is -0.990. The zero-order chi connectivity index (χ0) is 17.3. The number of Topliss-reactive ketones (excluding diaryl/α,β-unsaturated/α-hetero) is 3. The lowest BCUT2D eigenvalue weighted by Crippen LogP contribution is -2.57. The fraction of sp³-hybridized carbons (Fsp3) is 0.857. The van der Waals surface area contributed by atoms with Crippen LogP contribution in [0.4, 0.5) is 0 Å². The van der Waals surface area contributed by atoms with E-state index in [2.05, 4.69) is 13.8 Å². The SMILES string of the molecule is CC(=O)[C@@H]1CC[C@H]2[C@H]3CC[C@@H]4CC(=O)CC[C@]4(C)[C@@H]3C(=O)C[C@]12C. The van der Waals surface area contributed by atoms with Gasteiger partial charge in [-0.15, -0.1) is 0 Å². The van der Waals surface area contributed by atoms with Crippen molar-refractivity contribution in [3.63, 3.8) is 0 Å². The van der Waals surface area contributed by atoms with Gasteiger partial charge >= 0.3 is 0 Å². The average Bonchev–Trinajstić information content (AvgIpc) is 2.84. The molecule has 0 aromatic rings. The van der Waals surface area contributed by atoms with Crippen LogP contribution in [0.25, 0.3) is 0 Å². The van der Waals surface area contributed by atoms with Crippen LogP contribution in [0.5, 0.6) is 0 Å². The summed E-state index contributed by atoms with van der Waals surface area (Å²) in [5.41, 5.74) is -0.0959. The second-order valence-electron chi connectivity index (χ2n) is 9.66.